The third kappa shape index (κ3) is 2.36. The predicted molar refractivity (Wildman–Crippen MR) is 75.2 cm³/mol. The van der Waals surface area contributed by atoms with Crippen LogP contribution in [0.15, 0.2) is 30.5 Å². The smallest absolute Gasteiger partial charge is 0.115 e. The summed E-state index contributed by atoms with van der Waals surface area (Å²) in [5, 5.41) is 17.2. The molecule has 2 aromatic rings. The Morgan fingerprint density at radius 1 is 1.21 bits per heavy atom. The molecule has 1 aliphatic heterocycles. The van der Waals surface area contributed by atoms with Crippen molar-refractivity contribution >= 4 is 0 Å². The zero-order chi connectivity index (χ0) is 13.2. The van der Waals surface area contributed by atoms with Gasteiger partial charge in [0, 0.05) is 24.2 Å². The lowest BCUT2D eigenvalue weighted by molar-refractivity contribution is 0.440. The van der Waals surface area contributed by atoms with E-state index in [1.165, 1.54) is 11.3 Å². The van der Waals surface area contributed by atoms with Crippen molar-refractivity contribution in [2.45, 2.75) is 18.8 Å². The summed E-state index contributed by atoms with van der Waals surface area (Å²) in [6.07, 6.45) is 4.25. The van der Waals surface area contributed by atoms with Crippen LogP contribution in [0.5, 0.6) is 5.75 Å². The van der Waals surface area contributed by atoms with E-state index in [-0.39, 0.29) is 0 Å². The highest BCUT2D eigenvalue weighted by Crippen LogP contribution is 2.34. The van der Waals surface area contributed by atoms with Gasteiger partial charge in [-0.3, -0.25) is 4.68 Å². The minimum Gasteiger partial charge on any atom is -0.508 e. The van der Waals surface area contributed by atoms with Crippen molar-refractivity contribution in [2.24, 2.45) is 7.05 Å². The Morgan fingerprint density at radius 2 is 1.89 bits per heavy atom. The number of hydrogen-bond acceptors (Lipinski definition) is 3. The second-order valence-electron chi connectivity index (χ2n) is 5.14. The molecule has 3 rings (SSSR count). The first kappa shape index (κ1) is 12.2. The van der Waals surface area contributed by atoms with Gasteiger partial charge in [0.25, 0.3) is 0 Å². The maximum atomic E-state index is 9.40. The van der Waals surface area contributed by atoms with Gasteiger partial charge in [0.15, 0.2) is 0 Å². The number of aromatic nitrogens is 2. The summed E-state index contributed by atoms with van der Waals surface area (Å²) in [6.45, 7) is 2.15. The lowest BCUT2D eigenvalue weighted by Crippen LogP contribution is -2.27. The van der Waals surface area contributed by atoms with Crippen LogP contribution in [0.4, 0.5) is 0 Å². The second kappa shape index (κ2) is 5.05. The maximum absolute atomic E-state index is 9.40. The molecule has 1 aromatic carbocycles. The Kier molecular flexibility index (Phi) is 3.25. The summed E-state index contributed by atoms with van der Waals surface area (Å²) < 4.78 is 2.00. The minimum absolute atomic E-state index is 0.302. The van der Waals surface area contributed by atoms with E-state index in [2.05, 4.69) is 10.4 Å². The van der Waals surface area contributed by atoms with Crippen molar-refractivity contribution < 1.29 is 5.11 Å². The van der Waals surface area contributed by atoms with Crippen LogP contribution in [0, 0.1) is 0 Å². The molecule has 0 spiro atoms. The van der Waals surface area contributed by atoms with Gasteiger partial charge in [-0.15, -0.1) is 0 Å². The maximum Gasteiger partial charge on any atom is 0.115 e. The lowest BCUT2D eigenvalue weighted by atomic mass is 9.90. The molecule has 0 bridgehead atoms. The molecule has 0 saturated carbocycles. The fraction of sp³-hybridized carbons (Fsp3) is 0.400. The van der Waals surface area contributed by atoms with E-state index in [0.29, 0.717) is 11.7 Å². The Hall–Kier alpha value is -1.81. The zero-order valence-corrected chi connectivity index (χ0v) is 11.1. The topological polar surface area (TPSA) is 50.1 Å². The average molecular weight is 257 g/mol. The van der Waals surface area contributed by atoms with E-state index in [1.807, 2.05) is 30.1 Å². The van der Waals surface area contributed by atoms with Crippen molar-refractivity contribution in [3.05, 3.63) is 36.2 Å². The molecule has 0 amide bonds. The molecule has 4 nitrogen and oxygen atoms in total. The normalized spacial score (nSPS) is 16.7. The van der Waals surface area contributed by atoms with Crippen LogP contribution < -0.4 is 5.32 Å². The molecular weight excluding hydrogens is 238 g/mol. The molecule has 1 saturated heterocycles. The molecule has 2 heterocycles. The van der Waals surface area contributed by atoms with Crippen LogP contribution in [-0.4, -0.2) is 28.0 Å². The van der Waals surface area contributed by atoms with Gasteiger partial charge in [-0.05, 0) is 43.6 Å². The van der Waals surface area contributed by atoms with Crippen LogP contribution >= 0.6 is 0 Å². The largest absolute Gasteiger partial charge is 0.508 e. The van der Waals surface area contributed by atoms with E-state index in [1.54, 1.807) is 12.1 Å². The van der Waals surface area contributed by atoms with E-state index in [0.717, 1.165) is 31.5 Å². The van der Waals surface area contributed by atoms with Crippen molar-refractivity contribution in [3.63, 3.8) is 0 Å². The van der Waals surface area contributed by atoms with Gasteiger partial charge in [0.05, 0.1) is 6.20 Å². The summed E-state index contributed by atoms with van der Waals surface area (Å²) in [7, 11) is 2.02. The molecule has 0 radical (unpaired) electrons. The number of aryl methyl sites for hydroxylation is 1. The number of phenols is 1. The molecule has 19 heavy (non-hydrogen) atoms. The average Bonchev–Trinajstić information content (AvgIpc) is 2.82. The molecule has 0 aliphatic carbocycles. The highest BCUT2D eigenvalue weighted by molar-refractivity contribution is 5.66. The number of rotatable bonds is 2. The van der Waals surface area contributed by atoms with Crippen LogP contribution in [0.25, 0.3) is 11.1 Å². The van der Waals surface area contributed by atoms with Gasteiger partial charge < -0.3 is 10.4 Å². The Bertz CT molecular complexity index is 553. The first-order valence-electron chi connectivity index (χ1n) is 6.77. The highest BCUT2D eigenvalue weighted by atomic mass is 16.3. The van der Waals surface area contributed by atoms with Crippen LogP contribution in [0.2, 0.25) is 0 Å². The van der Waals surface area contributed by atoms with Crippen molar-refractivity contribution in [3.8, 4) is 16.9 Å². The number of aromatic hydroxyl groups is 1. The van der Waals surface area contributed by atoms with Crippen molar-refractivity contribution in [1.29, 1.82) is 0 Å². The van der Waals surface area contributed by atoms with Crippen molar-refractivity contribution in [2.75, 3.05) is 13.1 Å². The predicted octanol–water partition coefficient (Wildman–Crippen LogP) is 2.26. The van der Waals surface area contributed by atoms with Crippen LogP contribution in [-0.2, 0) is 7.05 Å². The number of nitrogens with one attached hydrogen (secondary N) is 1. The van der Waals surface area contributed by atoms with Gasteiger partial charge in [-0.25, -0.2) is 0 Å². The quantitative estimate of drug-likeness (QED) is 0.867. The third-order valence-electron chi connectivity index (χ3n) is 3.89. The third-order valence-corrected chi connectivity index (χ3v) is 3.89. The SMILES string of the molecule is Cn1ncc(-c2ccc(O)cc2)c1C1CCNCC1. The fourth-order valence-electron chi connectivity index (χ4n) is 2.89. The van der Waals surface area contributed by atoms with Gasteiger partial charge in [0.2, 0.25) is 0 Å². The molecule has 0 unspecified atom stereocenters. The van der Waals surface area contributed by atoms with Crippen molar-refractivity contribution in [1.82, 2.24) is 15.1 Å². The number of phenolic OH excluding ortho intramolecular Hbond substituents is 1. The van der Waals surface area contributed by atoms with Crippen LogP contribution in [0.3, 0.4) is 0 Å². The standard InChI is InChI=1S/C15H19N3O/c1-18-15(12-6-8-16-9-7-12)14(10-17-18)11-2-4-13(19)5-3-11/h2-5,10,12,16,19H,6-9H2,1H3. The number of piperidine rings is 1. The van der Waals surface area contributed by atoms with E-state index < -0.39 is 0 Å². The molecular formula is C15H19N3O. The Labute approximate surface area is 113 Å². The molecule has 0 atom stereocenters. The van der Waals surface area contributed by atoms with E-state index in [9.17, 15) is 5.11 Å². The number of benzene rings is 1. The molecule has 4 heteroatoms. The monoisotopic (exact) mass is 257 g/mol. The molecule has 1 aliphatic rings. The fourth-order valence-corrected chi connectivity index (χ4v) is 2.89. The number of nitrogens with zero attached hydrogens (tertiary/aromatic N) is 2. The zero-order valence-electron chi connectivity index (χ0n) is 11.1. The van der Waals surface area contributed by atoms with Crippen LogP contribution in [0.1, 0.15) is 24.5 Å². The number of hydrogen-bond donors (Lipinski definition) is 2. The first-order valence-corrected chi connectivity index (χ1v) is 6.77. The Balaban J connectivity index is 1.99. The molecule has 100 valence electrons. The summed E-state index contributed by atoms with van der Waals surface area (Å²) in [5.74, 6) is 0.869. The van der Waals surface area contributed by atoms with Gasteiger partial charge in [-0.1, -0.05) is 12.1 Å². The first-order chi connectivity index (χ1) is 9.25. The summed E-state index contributed by atoms with van der Waals surface area (Å²) >= 11 is 0. The summed E-state index contributed by atoms with van der Waals surface area (Å²) in [5.41, 5.74) is 3.63. The molecule has 2 N–H and O–H groups in total. The van der Waals surface area contributed by atoms with E-state index >= 15 is 0 Å². The molecule has 1 fully saturated rings. The second-order valence-corrected chi connectivity index (χ2v) is 5.14. The summed E-state index contributed by atoms with van der Waals surface area (Å²) in [4.78, 5) is 0. The van der Waals surface area contributed by atoms with Gasteiger partial charge >= 0.3 is 0 Å². The van der Waals surface area contributed by atoms with Gasteiger partial charge in [0.1, 0.15) is 5.75 Å². The molecule has 1 aromatic heterocycles. The summed E-state index contributed by atoms with van der Waals surface area (Å²) in [6, 6.07) is 7.37. The highest BCUT2D eigenvalue weighted by Gasteiger charge is 2.22. The lowest BCUT2D eigenvalue weighted by Gasteiger charge is -2.24. The van der Waals surface area contributed by atoms with Gasteiger partial charge in [-0.2, -0.15) is 5.10 Å². The minimum atomic E-state index is 0.302. The Morgan fingerprint density at radius 3 is 2.58 bits per heavy atom. The van der Waals surface area contributed by atoms with E-state index in [4.69, 9.17) is 0 Å².